The van der Waals surface area contributed by atoms with Crippen molar-refractivity contribution in [3.8, 4) is 0 Å². The number of carbonyl (C=O) groups excluding carboxylic acids is 1. The van der Waals surface area contributed by atoms with E-state index in [2.05, 4.69) is 27.5 Å². The lowest BCUT2D eigenvalue weighted by atomic mass is 10.2. The van der Waals surface area contributed by atoms with Crippen LogP contribution in [-0.4, -0.2) is 22.4 Å². The number of pyridine rings is 1. The second-order valence-electron chi connectivity index (χ2n) is 4.23. The maximum absolute atomic E-state index is 12.0. The van der Waals surface area contributed by atoms with Crippen molar-refractivity contribution >= 4 is 39.8 Å². The van der Waals surface area contributed by atoms with E-state index in [1.165, 1.54) is 17.5 Å². The fourth-order valence-electron chi connectivity index (χ4n) is 1.52. The van der Waals surface area contributed by atoms with Crippen LogP contribution in [0.2, 0.25) is 5.02 Å². The van der Waals surface area contributed by atoms with Gasteiger partial charge in [-0.3, -0.25) is 10.1 Å². The highest BCUT2D eigenvalue weighted by Gasteiger charge is 2.11. The van der Waals surface area contributed by atoms with Gasteiger partial charge < -0.3 is 5.32 Å². The van der Waals surface area contributed by atoms with Crippen molar-refractivity contribution in [2.75, 3.05) is 17.2 Å². The Hall–Kier alpha value is -1.66. The van der Waals surface area contributed by atoms with E-state index in [9.17, 15) is 4.79 Å². The molecule has 0 fully saturated rings. The molecule has 106 valence electrons. The van der Waals surface area contributed by atoms with Crippen LogP contribution in [0.15, 0.2) is 17.6 Å². The van der Waals surface area contributed by atoms with E-state index < -0.39 is 0 Å². The fraction of sp³-hybridized carbons (Fsp3) is 0.308. The number of nitrogens with zero attached hydrogens (tertiary/aromatic N) is 2. The molecule has 0 saturated heterocycles. The quantitative estimate of drug-likeness (QED) is 0.886. The van der Waals surface area contributed by atoms with Gasteiger partial charge in [-0.15, -0.1) is 11.3 Å². The predicted molar refractivity (Wildman–Crippen MR) is 82.8 cm³/mol. The maximum atomic E-state index is 12.0. The van der Waals surface area contributed by atoms with Crippen molar-refractivity contribution in [3.63, 3.8) is 0 Å². The molecule has 0 unspecified atom stereocenters. The first-order chi connectivity index (χ1) is 9.60. The van der Waals surface area contributed by atoms with E-state index in [-0.39, 0.29) is 5.91 Å². The predicted octanol–water partition coefficient (Wildman–Crippen LogP) is 3.57. The summed E-state index contributed by atoms with van der Waals surface area (Å²) in [6.45, 7) is 4.72. The molecule has 2 heterocycles. The molecule has 2 aromatic rings. The SMILES string of the molecule is CCCNc1ncc(C(=O)Nc2nc(C)cs2)cc1Cl. The Morgan fingerprint density at radius 3 is 2.90 bits per heavy atom. The summed E-state index contributed by atoms with van der Waals surface area (Å²) in [5.74, 6) is 0.325. The normalized spacial score (nSPS) is 10.3. The summed E-state index contributed by atoms with van der Waals surface area (Å²) >= 11 is 7.48. The van der Waals surface area contributed by atoms with Gasteiger partial charge in [0.25, 0.3) is 5.91 Å². The third kappa shape index (κ3) is 3.68. The van der Waals surface area contributed by atoms with Crippen molar-refractivity contribution in [1.29, 1.82) is 0 Å². The highest BCUT2D eigenvalue weighted by atomic mass is 35.5. The van der Waals surface area contributed by atoms with Gasteiger partial charge in [-0.05, 0) is 19.4 Å². The second kappa shape index (κ2) is 6.67. The first-order valence-electron chi connectivity index (χ1n) is 6.23. The lowest BCUT2D eigenvalue weighted by Gasteiger charge is -2.07. The highest BCUT2D eigenvalue weighted by Crippen LogP contribution is 2.21. The van der Waals surface area contributed by atoms with Crippen LogP contribution in [0.3, 0.4) is 0 Å². The molecule has 0 spiro atoms. The van der Waals surface area contributed by atoms with Gasteiger partial charge in [-0.1, -0.05) is 18.5 Å². The number of aromatic nitrogens is 2. The molecule has 0 bridgehead atoms. The average molecular weight is 311 g/mol. The molecule has 2 aromatic heterocycles. The van der Waals surface area contributed by atoms with Crippen LogP contribution in [0.5, 0.6) is 0 Å². The largest absolute Gasteiger partial charge is 0.369 e. The van der Waals surface area contributed by atoms with E-state index in [0.29, 0.717) is 21.5 Å². The average Bonchev–Trinajstić information content (AvgIpc) is 2.82. The summed E-state index contributed by atoms with van der Waals surface area (Å²) in [6, 6.07) is 1.60. The monoisotopic (exact) mass is 310 g/mol. The Morgan fingerprint density at radius 2 is 2.30 bits per heavy atom. The number of carbonyl (C=O) groups is 1. The van der Waals surface area contributed by atoms with Crippen LogP contribution >= 0.6 is 22.9 Å². The molecule has 5 nitrogen and oxygen atoms in total. The molecular weight excluding hydrogens is 296 g/mol. The standard InChI is InChI=1S/C13H15ClN4OS/c1-3-4-15-11-10(14)5-9(6-16-11)12(19)18-13-17-8(2)7-20-13/h5-7H,3-4H2,1-2H3,(H,15,16)(H,17,18,19). The molecule has 0 saturated carbocycles. The molecule has 0 aliphatic heterocycles. The van der Waals surface area contributed by atoms with Crippen molar-refractivity contribution < 1.29 is 4.79 Å². The maximum Gasteiger partial charge on any atom is 0.259 e. The number of thiazole rings is 1. The van der Waals surface area contributed by atoms with Crippen molar-refractivity contribution in [2.45, 2.75) is 20.3 Å². The number of halogens is 1. The summed E-state index contributed by atoms with van der Waals surface area (Å²) < 4.78 is 0. The Labute approximate surface area is 126 Å². The molecule has 0 aliphatic rings. The summed E-state index contributed by atoms with van der Waals surface area (Å²) in [6.07, 6.45) is 2.48. The van der Waals surface area contributed by atoms with Crippen LogP contribution in [0.25, 0.3) is 0 Å². The molecule has 0 atom stereocenters. The molecule has 0 radical (unpaired) electrons. The molecule has 20 heavy (non-hydrogen) atoms. The van der Waals surface area contributed by atoms with Gasteiger partial charge in [0.2, 0.25) is 0 Å². The molecule has 0 aliphatic carbocycles. The zero-order valence-electron chi connectivity index (χ0n) is 11.2. The topological polar surface area (TPSA) is 66.9 Å². The van der Waals surface area contributed by atoms with Crippen molar-refractivity contribution in [1.82, 2.24) is 9.97 Å². The Morgan fingerprint density at radius 1 is 1.50 bits per heavy atom. The van der Waals surface area contributed by atoms with Crippen molar-refractivity contribution in [2.24, 2.45) is 0 Å². The number of nitrogens with one attached hydrogen (secondary N) is 2. The minimum Gasteiger partial charge on any atom is -0.369 e. The summed E-state index contributed by atoms with van der Waals surface area (Å²) in [5.41, 5.74) is 1.28. The minimum absolute atomic E-state index is 0.268. The molecule has 1 amide bonds. The van der Waals surface area contributed by atoms with Crippen LogP contribution in [-0.2, 0) is 0 Å². The zero-order valence-corrected chi connectivity index (χ0v) is 12.8. The molecular formula is C13H15ClN4OS. The highest BCUT2D eigenvalue weighted by molar-refractivity contribution is 7.13. The molecule has 2 rings (SSSR count). The van der Waals surface area contributed by atoms with Gasteiger partial charge in [0.15, 0.2) is 5.13 Å². The number of anilines is 2. The van der Waals surface area contributed by atoms with Crippen LogP contribution in [0.4, 0.5) is 10.9 Å². The third-order valence-corrected chi connectivity index (χ3v) is 3.65. The summed E-state index contributed by atoms with van der Waals surface area (Å²) in [4.78, 5) is 20.4. The van der Waals surface area contributed by atoms with Gasteiger partial charge >= 0.3 is 0 Å². The first-order valence-corrected chi connectivity index (χ1v) is 7.48. The van der Waals surface area contributed by atoms with E-state index in [0.717, 1.165) is 18.7 Å². The number of amides is 1. The molecule has 7 heteroatoms. The summed E-state index contributed by atoms with van der Waals surface area (Å²) in [5, 5.41) is 8.69. The van der Waals surface area contributed by atoms with Gasteiger partial charge in [0.1, 0.15) is 5.82 Å². The van der Waals surface area contributed by atoms with Gasteiger partial charge in [-0.2, -0.15) is 0 Å². The Kier molecular flexibility index (Phi) is 4.92. The minimum atomic E-state index is -0.268. The van der Waals surface area contributed by atoms with E-state index in [4.69, 9.17) is 11.6 Å². The lowest BCUT2D eigenvalue weighted by molar-refractivity contribution is 0.102. The number of rotatable bonds is 5. The van der Waals surface area contributed by atoms with E-state index >= 15 is 0 Å². The summed E-state index contributed by atoms with van der Waals surface area (Å²) in [7, 11) is 0. The number of hydrogen-bond donors (Lipinski definition) is 2. The van der Waals surface area contributed by atoms with Gasteiger partial charge in [0, 0.05) is 18.1 Å². The Balaban J connectivity index is 2.08. The second-order valence-corrected chi connectivity index (χ2v) is 5.49. The molecule has 2 N–H and O–H groups in total. The van der Waals surface area contributed by atoms with Crippen LogP contribution in [0, 0.1) is 6.92 Å². The lowest BCUT2D eigenvalue weighted by Crippen LogP contribution is -2.13. The zero-order chi connectivity index (χ0) is 14.5. The van der Waals surface area contributed by atoms with E-state index in [1.807, 2.05) is 12.3 Å². The fourth-order valence-corrected chi connectivity index (χ4v) is 2.43. The first kappa shape index (κ1) is 14.7. The Bertz CT molecular complexity index is 614. The van der Waals surface area contributed by atoms with Gasteiger partial charge in [-0.25, -0.2) is 9.97 Å². The van der Waals surface area contributed by atoms with Crippen molar-refractivity contribution in [3.05, 3.63) is 33.9 Å². The van der Waals surface area contributed by atoms with Crippen LogP contribution < -0.4 is 10.6 Å². The third-order valence-electron chi connectivity index (χ3n) is 2.49. The number of aryl methyl sites for hydroxylation is 1. The van der Waals surface area contributed by atoms with E-state index in [1.54, 1.807) is 6.07 Å². The van der Waals surface area contributed by atoms with Gasteiger partial charge in [0.05, 0.1) is 16.3 Å². The molecule has 0 aromatic carbocycles. The smallest absolute Gasteiger partial charge is 0.259 e. The van der Waals surface area contributed by atoms with Crippen LogP contribution in [0.1, 0.15) is 29.4 Å². The number of hydrogen-bond acceptors (Lipinski definition) is 5.